The van der Waals surface area contributed by atoms with Crippen LogP contribution in [0, 0.1) is 0 Å². The maximum absolute atomic E-state index is 11.7. The Morgan fingerprint density at radius 2 is 2.27 bits per heavy atom. The molecule has 0 saturated carbocycles. The van der Waals surface area contributed by atoms with Gasteiger partial charge in [0.1, 0.15) is 0 Å². The zero-order valence-corrected chi connectivity index (χ0v) is 9.71. The first-order valence-corrected chi connectivity index (χ1v) is 6.34. The molecule has 1 fully saturated rings. The van der Waals surface area contributed by atoms with Crippen LogP contribution in [0.5, 0.6) is 0 Å². The van der Waals surface area contributed by atoms with Crippen molar-refractivity contribution in [3.05, 3.63) is 0 Å². The highest BCUT2D eigenvalue weighted by molar-refractivity contribution is 7.89. The number of hydrogen-bond donors (Lipinski definition) is 1. The third-order valence-electron chi connectivity index (χ3n) is 2.25. The SMILES string of the molecule is COC(=O)CS(=O)(=O)N1CCNC(C)C1. The highest BCUT2D eigenvalue weighted by atomic mass is 32.2. The van der Waals surface area contributed by atoms with Gasteiger partial charge in [-0.25, -0.2) is 8.42 Å². The van der Waals surface area contributed by atoms with Crippen LogP contribution in [-0.4, -0.2) is 57.2 Å². The van der Waals surface area contributed by atoms with Crippen molar-refractivity contribution >= 4 is 16.0 Å². The molecule has 1 aliphatic rings. The van der Waals surface area contributed by atoms with Crippen LogP contribution < -0.4 is 5.32 Å². The number of hydrogen-bond acceptors (Lipinski definition) is 5. The summed E-state index contributed by atoms with van der Waals surface area (Å²) in [5, 5.41) is 3.13. The Labute approximate surface area is 89.6 Å². The Hall–Kier alpha value is -0.660. The summed E-state index contributed by atoms with van der Waals surface area (Å²) in [6.45, 7) is 3.32. The molecule has 1 saturated heterocycles. The molecule has 0 aromatic heterocycles. The lowest BCUT2D eigenvalue weighted by Crippen LogP contribution is -2.52. The average Bonchev–Trinajstić information content (AvgIpc) is 2.17. The molecule has 0 aliphatic carbocycles. The highest BCUT2D eigenvalue weighted by Crippen LogP contribution is 2.06. The van der Waals surface area contributed by atoms with Crippen LogP contribution >= 0.6 is 0 Å². The van der Waals surface area contributed by atoms with Crippen LogP contribution in [0.15, 0.2) is 0 Å². The summed E-state index contributed by atoms with van der Waals surface area (Å²) in [5.74, 6) is -1.29. The number of nitrogens with one attached hydrogen (secondary N) is 1. The van der Waals surface area contributed by atoms with E-state index < -0.39 is 21.7 Å². The molecule has 0 spiro atoms. The van der Waals surface area contributed by atoms with Crippen molar-refractivity contribution in [2.75, 3.05) is 32.5 Å². The molecule has 0 radical (unpaired) electrons. The lowest BCUT2D eigenvalue weighted by Gasteiger charge is -2.30. The molecular formula is C8H16N2O4S. The van der Waals surface area contributed by atoms with E-state index in [0.717, 1.165) is 0 Å². The van der Waals surface area contributed by atoms with Gasteiger partial charge < -0.3 is 10.1 Å². The van der Waals surface area contributed by atoms with Crippen LogP contribution in [0.2, 0.25) is 0 Å². The Kier molecular flexibility index (Phi) is 4.06. The molecule has 0 aromatic carbocycles. The molecule has 1 N–H and O–H groups in total. The molecule has 7 heteroatoms. The van der Waals surface area contributed by atoms with Crippen LogP contribution in [0.1, 0.15) is 6.92 Å². The summed E-state index contributed by atoms with van der Waals surface area (Å²) in [5.41, 5.74) is 0. The quantitative estimate of drug-likeness (QED) is 0.622. The topological polar surface area (TPSA) is 75.7 Å². The number of ether oxygens (including phenoxy) is 1. The van der Waals surface area contributed by atoms with E-state index in [0.29, 0.717) is 19.6 Å². The van der Waals surface area contributed by atoms with E-state index in [4.69, 9.17) is 0 Å². The van der Waals surface area contributed by atoms with E-state index in [9.17, 15) is 13.2 Å². The predicted octanol–water partition coefficient (Wildman–Crippen LogP) is -1.22. The largest absolute Gasteiger partial charge is 0.468 e. The average molecular weight is 236 g/mol. The lowest BCUT2D eigenvalue weighted by atomic mass is 10.3. The normalized spacial score (nSPS) is 23.7. The van der Waals surface area contributed by atoms with Crippen molar-refractivity contribution in [3.63, 3.8) is 0 Å². The minimum absolute atomic E-state index is 0.117. The lowest BCUT2D eigenvalue weighted by molar-refractivity contribution is -0.137. The highest BCUT2D eigenvalue weighted by Gasteiger charge is 2.29. The molecule has 0 bridgehead atoms. The molecule has 1 aliphatic heterocycles. The zero-order chi connectivity index (χ0) is 11.5. The van der Waals surface area contributed by atoms with Gasteiger partial charge in [0.2, 0.25) is 10.0 Å². The van der Waals surface area contributed by atoms with Gasteiger partial charge in [0.25, 0.3) is 0 Å². The third kappa shape index (κ3) is 3.44. The van der Waals surface area contributed by atoms with E-state index in [-0.39, 0.29) is 6.04 Å². The molecule has 0 aromatic rings. The Morgan fingerprint density at radius 1 is 1.60 bits per heavy atom. The minimum atomic E-state index is -3.51. The molecule has 88 valence electrons. The van der Waals surface area contributed by atoms with E-state index in [1.54, 1.807) is 0 Å². The number of rotatable bonds is 3. The van der Waals surface area contributed by atoms with Crippen molar-refractivity contribution in [3.8, 4) is 0 Å². The van der Waals surface area contributed by atoms with Crippen LogP contribution in [0.25, 0.3) is 0 Å². The van der Waals surface area contributed by atoms with Gasteiger partial charge in [-0.2, -0.15) is 4.31 Å². The number of esters is 1. The number of sulfonamides is 1. The molecule has 1 atom stereocenters. The fraction of sp³-hybridized carbons (Fsp3) is 0.875. The van der Waals surface area contributed by atoms with Crippen molar-refractivity contribution in [2.45, 2.75) is 13.0 Å². The maximum atomic E-state index is 11.7. The predicted molar refractivity (Wildman–Crippen MR) is 54.8 cm³/mol. The first-order chi connectivity index (χ1) is 6.95. The first kappa shape index (κ1) is 12.4. The fourth-order valence-electron chi connectivity index (χ4n) is 1.45. The van der Waals surface area contributed by atoms with Gasteiger partial charge in [-0.1, -0.05) is 0 Å². The standard InChI is InChI=1S/C8H16N2O4S/c1-7-5-10(4-3-9-7)15(12,13)6-8(11)14-2/h7,9H,3-6H2,1-2H3. The van der Waals surface area contributed by atoms with Crippen molar-refractivity contribution < 1.29 is 17.9 Å². The van der Waals surface area contributed by atoms with Gasteiger partial charge in [-0.15, -0.1) is 0 Å². The Balaban J connectivity index is 2.64. The number of piperazine rings is 1. The van der Waals surface area contributed by atoms with E-state index in [2.05, 4.69) is 10.1 Å². The third-order valence-corrected chi connectivity index (χ3v) is 3.97. The van der Waals surface area contributed by atoms with Crippen LogP contribution in [0.3, 0.4) is 0 Å². The molecule has 0 amide bonds. The van der Waals surface area contributed by atoms with E-state index >= 15 is 0 Å². The Morgan fingerprint density at radius 3 is 2.80 bits per heavy atom. The number of methoxy groups -OCH3 is 1. The van der Waals surface area contributed by atoms with Crippen LogP contribution in [0.4, 0.5) is 0 Å². The molecule has 1 rings (SSSR count). The smallest absolute Gasteiger partial charge is 0.322 e. The summed E-state index contributed by atoms with van der Waals surface area (Å²) in [6, 6.07) is 0.117. The second kappa shape index (κ2) is 4.91. The van der Waals surface area contributed by atoms with Gasteiger partial charge in [0, 0.05) is 25.7 Å². The Bertz CT molecular complexity index is 328. The molecular weight excluding hydrogens is 220 g/mol. The molecule has 15 heavy (non-hydrogen) atoms. The summed E-state index contributed by atoms with van der Waals surface area (Å²) in [4.78, 5) is 10.9. The van der Waals surface area contributed by atoms with Crippen LogP contribution in [-0.2, 0) is 19.6 Å². The van der Waals surface area contributed by atoms with E-state index in [1.165, 1.54) is 11.4 Å². The van der Waals surface area contributed by atoms with Gasteiger partial charge in [-0.3, -0.25) is 4.79 Å². The van der Waals surface area contributed by atoms with Gasteiger partial charge in [-0.05, 0) is 6.92 Å². The number of carbonyl (C=O) groups excluding carboxylic acids is 1. The zero-order valence-electron chi connectivity index (χ0n) is 8.89. The van der Waals surface area contributed by atoms with Gasteiger partial charge >= 0.3 is 5.97 Å². The van der Waals surface area contributed by atoms with Crippen molar-refractivity contribution in [2.24, 2.45) is 0 Å². The number of nitrogens with zero attached hydrogens (tertiary/aromatic N) is 1. The summed E-state index contributed by atoms with van der Waals surface area (Å²) < 4.78 is 29.1. The van der Waals surface area contributed by atoms with Crippen molar-refractivity contribution in [1.29, 1.82) is 0 Å². The fourth-order valence-corrected chi connectivity index (χ4v) is 2.87. The summed E-state index contributed by atoms with van der Waals surface area (Å²) in [7, 11) is -2.33. The second-order valence-electron chi connectivity index (χ2n) is 3.55. The molecule has 1 unspecified atom stereocenters. The first-order valence-electron chi connectivity index (χ1n) is 4.73. The van der Waals surface area contributed by atoms with Gasteiger partial charge in [0.05, 0.1) is 7.11 Å². The number of carbonyl (C=O) groups is 1. The van der Waals surface area contributed by atoms with E-state index in [1.807, 2.05) is 6.92 Å². The summed E-state index contributed by atoms with van der Waals surface area (Å²) >= 11 is 0. The maximum Gasteiger partial charge on any atom is 0.322 e. The second-order valence-corrected chi connectivity index (χ2v) is 5.51. The minimum Gasteiger partial charge on any atom is -0.468 e. The van der Waals surface area contributed by atoms with Crippen molar-refractivity contribution in [1.82, 2.24) is 9.62 Å². The summed E-state index contributed by atoms with van der Waals surface area (Å²) in [6.07, 6.45) is 0. The monoisotopic (exact) mass is 236 g/mol. The molecule has 6 nitrogen and oxygen atoms in total. The molecule has 1 heterocycles. The van der Waals surface area contributed by atoms with Gasteiger partial charge in [0.15, 0.2) is 5.75 Å².